The summed E-state index contributed by atoms with van der Waals surface area (Å²) >= 11 is 0. The molecule has 0 bridgehead atoms. The third kappa shape index (κ3) is 5.55. The number of carboxylic acid groups (broad SMARTS) is 1. The first-order valence-electron chi connectivity index (χ1n) is 6.93. The smallest absolute Gasteiger partial charge is 0.303 e. The van der Waals surface area contributed by atoms with Gasteiger partial charge >= 0.3 is 5.97 Å². The molecular formula is C16H23NO3. The summed E-state index contributed by atoms with van der Waals surface area (Å²) in [6, 6.07) is 9.90. The molecular weight excluding hydrogens is 254 g/mol. The van der Waals surface area contributed by atoms with E-state index in [1.165, 1.54) is 0 Å². The van der Waals surface area contributed by atoms with Crippen LogP contribution in [0.5, 0.6) is 0 Å². The third-order valence-electron chi connectivity index (χ3n) is 3.28. The molecule has 0 radical (unpaired) electrons. The number of rotatable bonds is 10. The Bertz CT molecular complexity index is 405. The SMILES string of the molecule is C=CC(c1ccccc1)N(CO)CCCCCC(=O)O. The molecule has 0 aliphatic rings. The first-order chi connectivity index (χ1) is 9.69. The van der Waals surface area contributed by atoms with Crippen molar-refractivity contribution < 1.29 is 15.0 Å². The minimum absolute atomic E-state index is 0.0133. The van der Waals surface area contributed by atoms with E-state index in [2.05, 4.69) is 6.58 Å². The Morgan fingerprint density at radius 3 is 2.50 bits per heavy atom. The van der Waals surface area contributed by atoms with Crippen molar-refractivity contribution >= 4 is 5.97 Å². The van der Waals surface area contributed by atoms with Crippen molar-refractivity contribution in [3.05, 3.63) is 48.6 Å². The first-order valence-corrected chi connectivity index (χ1v) is 6.93. The van der Waals surface area contributed by atoms with Gasteiger partial charge in [0.25, 0.3) is 0 Å². The second-order valence-corrected chi connectivity index (χ2v) is 4.75. The summed E-state index contributed by atoms with van der Waals surface area (Å²) in [5, 5.41) is 18.1. The van der Waals surface area contributed by atoms with Crippen LogP contribution in [0.25, 0.3) is 0 Å². The Labute approximate surface area is 120 Å². The molecule has 0 aromatic heterocycles. The molecule has 0 fully saturated rings. The van der Waals surface area contributed by atoms with Crippen LogP contribution in [0.15, 0.2) is 43.0 Å². The number of hydrogen-bond acceptors (Lipinski definition) is 3. The predicted molar refractivity (Wildman–Crippen MR) is 79.3 cm³/mol. The van der Waals surface area contributed by atoms with Gasteiger partial charge in [0, 0.05) is 13.0 Å². The minimum Gasteiger partial charge on any atom is -0.481 e. The van der Waals surface area contributed by atoms with Crippen LogP contribution in [0.3, 0.4) is 0 Å². The molecule has 4 heteroatoms. The largest absolute Gasteiger partial charge is 0.481 e. The standard InChI is InChI=1S/C16H23NO3/c1-2-15(14-9-5-3-6-10-14)17(13-18)12-8-4-7-11-16(19)20/h2-3,5-6,9-10,15,18H,1,4,7-8,11-13H2,(H,19,20). The molecule has 1 aromatic rings. The van der Waals surface area contributed by atoms with Crippen LogP contribution in [0.1, 0.15) is 37.3 Å². The maximum absolute atomic E-state index is 10.4. The van der Waals surface area contributed by atoms with Crippen LogP contribution in [0, 0.1) is 0 Å². The molecule has 4 nitrogen and oxygen atoms in total. The van der Waals surface area contributed by atoms with E-state index in [9.17, 15) is 9.90 Å². The minimum atomic E-state index is -0.753. The van der Waals surface area contributed by atoms with Crippen LogP contribution in [0.2, 0.25) is 0 Å². The second kappa shape index (κ2) is 9.28. The van der Waals surface area contributed by atoms with E-state index in [0.29, 0.717) is 6.42 Å². The molecule has 0 aliphatic carbocycles. The maximum atomic E-state index is 10.4. The lowest BCUT2D eigenvalue weighted by Crippen LogP contribution is -2.29. The van der Waals surface area contributed by atoms with Gasteiger partial charge in [-0.3, -0.25) is 9.69 Å². The highest BCUT2D eigenvalue weighted by molar-refractivity contribution is 5.66. The zero-order valence-electron chi connectivity index (χ0n) is 11.7. The number of aliphatic carboxylic acids is 1. The van der Waals surface area contributed by atoms with Gasteiger partial charge in [-0.05, 0) is 18.4 Å². The van der Waals surface area contributed by atoms with Gasteiger partial charge in [0.2, 0.25) is 0 Å². The van der Waals surface area contributed by atoms with Crippen LogP contribution < -0.4 is 0 Å². The Morgan fingerprint density at radius 1 is 1.25 bits per heavy atom. The second-order valence-electron chi connectivity index (χ2n) is 4.75. The Morgan fingerprint density at radius 2 is 1.95 bits per heavy atom. The fourth-order valence-corrected chi connectivity index (χ4v) is 2.21. The van der Waals surface area contributed by atoms with Crippen molar-refractivity contribution in [1.29, 1.82) is 0 Å². The highest BCUT2D eigenvalue weighted by Gasteiger charge is 2.15. The summed E-state index contributed by atoms with van der Waals surface area (Å²) in [5.74, 6) is -0.753. The van der Waals surface area contributed by atoms with Crippen LogP contribution in [-0.2, 0) is 4.79 Å². The van der Waals surface area contributed by atoms with E-state index >= 15 is 0 Å². The van der Waals surface area contributed by atoms with Crippen LogP contribution in [-0.4, -0.2) is 34.4 Å². The number of aliphatic hydroxyl groups excluding tert-OH is 1. The summed E-state index contributed by atoms with van der Waals surface area (Å²) < 4.78 is 0. The molecule has 1 unspecified atom stereocenters. The fourth-order valence-electron chi connectivity index (χ4n) is 2.21. The van der Waals surface area contributed by atoms with Crippen molar-refractivity contribution in [3.8, 4) is 0 Å². The molecule has 1 rings (SSSR count). The van der Waals surface area contributed by atoms with Gasteiger partial charge in [-0.25, -0.2) is 0 Å². The van der Waals surface area contributed by atoms with E-state index in [4.69, 9.17) is 5.11 Å². The van der Waals surface area contributed by atoms with Crippen LogP contribution >= 0.6 is 0 Å². The molecule has 2 N–H and O–H groups in total. The lowest BCUT2D eigenvalue weighted by Gasteiger charge is -2.27. The van der Waals surface area contributed by atoms with Gasteiger partial charge < -0.3 is 10.2 Å². The van der Waals surface area contributed by atoms with E-state index < -0.39 is 5.97 Å². The molecule has 1 aromatic carbocycles. The molecule has 110 valence electrons. The molecule has 0 amide bonds. The van der Waals surface area contributed by atoms with E-state index in [-0.39, 0.29) is 19.2 Å². The lowest BCUT2D eigenvalue weighted by atomic mass is 10.1. The van der Waals surface area contributed by atoms with Crippen molar-refractivity contribution in [2.45, 2.75) is 31.7 Å². The topological polar surface area (TPSA) is 60.8 Å². The monoisotopic (exact) mass is 277 g/mol. The Balaban J connectivity index is 2.47. The van der Waals surface area contributed by atoms with Crippen molar-refractivity contribution in [3.63, 3.8) is 0 Å². The Kier molecular flexibility index (Phi) is 7.62. The Hall–Kier alpha value is -1.65. The number of benzene rings is 1. The van der Waals surface area contributed by atoms with Crippen molar-refractivity contribution in [2.75, 3.05) is 13.3 Å². The van der Waals surface area contributed by atoms with Gasteiger partial charge in [-0.2, -0.15) is 0 Å². The highest BCUT2D eigenvalue weighted by atomic mass is 16.4. The van der Waals surface area contributed by atoms with Gasteiger partial charge in [0.05, 0.1) is 12.8 Å². The normalized spacial score (nSPS) is 12.3. The zero-order valence-corrected chi connectivity index (χ0v) is 11.7. The van der Waals surface area contributed by atoms with Gasteiger partial charge in [-0.1, -0.05) is 42.8 Å². The van der Waals surface area contributed by atoms with Crippen molar-refractivity contribution in [1.82, 2.24) is 4.90 Å². The van der Waals surface area contributed by atoms with Crippen LogP contribution in [0.4, 0.5) is 0 Å². The van der Waals surface area contributed by atoms with E-state index in [0.717, 1.165) is 24.9 Å². The van der Waals surface area contributed by atoms with Gasteiger partial charge in [-0.15, -0.1) is 6.58 Å². The number of hydrogen-bond donors (Lipinski definition) is 2. The third-order valence-corrected chi connectivity index (χ3v) is 3.28. The number of carbonyl (C=O) groups is 1. The summed E-state index contributed by atoms with van der Waals surface area (Å²) in [6.07, 6.45) is 4.43. The predicted octanol–water partition coefficient (Wildman–Crippen LogP) is 2.81. The molecule has 0 aliphatic heterocycles. The fraction of sp³-hybridized carbons (Fsp3) is 0.438. The molecule has 0 heterocycles. The van der Waals surface area contributed by atoms with E-state index in [1.807, 2.05) is 41.3 Å². The number of aliphatic hydroxyl groups is 1. The molecule has 1 atom stereocenters. The molecule has 0 saturated heterocycles. The number of unbranched alkanes of at least 4 members (excludes halogenated alkanes) is 2. The zero-order chi connectivity index (χ0) is 14.8. The van der Waals surface area contributed by atoms with Crippen molar-refractivity contribution in [2.24, 2.45) is 0 Å². The highest BCUT2D eigenvalue weighted by Crippen LogP contribution is 2.21. The lowest BCUT2D eigenvalue weighted by molar-refractivity contribution is -0.137. The molecule has 20 heavy (non-hydrogen) atoms. The van der Waals surface area contributed by atoms with E-state index in [1.54, 1.807) is 0 Å². The maximum Gasteiger partial charge on any atom is 0.303 e. The molecule has 0 saturated carbocycles. The quantitative estimate of drug-likeness (QED) is 0.392. The summed E-state index contributed by atoms with van der Waals surface area (Å²) in [5.41, 5.74) is 1.10. The first kappa shape index (κ1) is 16.4. The number of carboxylic acids is 1. The van der Waals surface area contributed by atoms with Gasteiger partial charge in [0.1, 0.15) is 0 Å². The molecule has 0 spiro atoms. The summed E-state index contributed by atoms with van der Waals surface area (Å²) in [6.45, 7) is 4.53. The summed E-state index contributed by atoms with van der Waals surface area (Å²) in [4.78, 5) is 12.4. The summed E-state index contributed by atoms with van der Waals surface area (Å²) in [7, 11) is 0. The van der Waals surface area contributed by atoms with Gasteiger partial charge in [0.15, 0.2) is 0 Å². The number of nitrogens with zero attached hydrogens (tertiary/aromatic N) is 1. The average molecular weight is 277 g/mol. The average Bonchev–Trinajstić information content (AvgIpc) is 2.46.